The van der Waals surface area contributed by atoms with Crippen LogP contribution in [0.2, 0.25) is 0 Å². The molecule has 5 nitrogen and oxygen atoms in total. The van der Waals surface area contributed by atoms with E-state index in [0.29, 0.717) is 12.8 Å². The monoisotopic (exact) mass is 392 g/mol. The molecular weight excluding hydrogens is 356 g/mol. The van der Waals surface area contributed by atoms with Crippen LogP contribution in [-0.2, 0) is 22.4 Å². The lowest BCUT2D eigenvalue weighted by molar-refractivity contribution is -0.148. The van der Waals surface area contributed by atoms with E-state index in [0.717, 1.165) is 56.1 Å². The molecule has 0 aliphatic rings. The van der Waals surface area contributed by atoms with E-state index in [4.69, 9.17) is 10.2 Å². The first-order chi connectivity index (χ1) is 12.9. The van der Waals surface area contributed by atoms with Gasteiger partial charge in [0.05, 0.1) is 10.8 Å². The topological polar surface area (TPSA) is 94.8 Å². The number of carboxylic acid groups (broad SMARTS) is 2. The summed E-state index contributed by atoms with van der Waals surface area (Å²) in [4.78, 5) is 22.3. The van der Waals surface area contributed by atoms with Crippen LogP contribution in [0.1, 0.15) is 83.8 Å². The van der Waals surface area contributed by atoms with Crippen molar-refractivity contribution in [3.8, 4) is 5.75 Å². The van der Waals surface area contributed by atoms with E-state index < -0.39 is 22.8 Å². The molecule has 0 atom stereocenters. The van der Waals surface area contributed by atoms with E-state index in [2.05, 4.69) is 6.07 Å². The van der Waals surface area contributed by atoms with Crippen molar-refractivity contribution in [1.29, 1.82) is 0 Å². The maximum absolute atomic E-state index is 11.1. The minimum absolute atomic E-state index is 0.269. The van der Waals surface area contributed by atoms with E-state index >= 15 is 0 Å². The third kappa shape index (κ3) is 8.32. The highest BCUT2D eigenvalue weighted by Crippen LogP contribution is 2.26. The van der Waals surface area contributed by atoms with Crippen LogP contribution in [-0.4, -0.2) is 27.3 Å². The van der Waals surface area contributed by atoms with Gasteiger partial charge in [0.15, 0.2) is 0 Å². The fourth-order valence-corrected chi connectivity index (χ4v) is 3.21. The highest BCUT2D eigenvalue weighted by molar-refractivity contribution is 5.73. The van der Waals surface area contributed by atoms with Crippen LogP contribution in [0, 0.1) is 10.8 Å². The zero-order valence-corrected chi connectivity index (χ0v) is 17.8. The van der Waals surface area contributed by atoms with E-state index in [-0.39, 0.29) is 5.75 Å². The van der Waals surface area contributed by atoms with Crippen LogP contribution >= 0.6 is 0 Å². The average molecular weight is 393 g/mol. The summed E-state index contributed by atoms with van der Waals surface area (Å²) in [5, 5.41) is 28.3. The molecule has 5 heteroatoms. The van der Waals surface area contributed by atoms with Gasteiger partial charge >= 0.3 is 11.9 Å². The highest BCUT2D eigenvalue weighted by atomic mass is 16.4. The average Bonchev–Trinajstić information content (AvgIpc) is 2.57. The van der Waals surface area contributed by atoms with Crippen molar-refractivity contribution in [2.45, 2.75) is 85.5 Å². The van der Waals surface area contributed by atoms with Gasteiger partial charge in [-0.25, -0.2) is 0 Å². The predicted octanol–water partition coefficient (Wildman–Crippen LogP) is 5.43. The Morgan fingerprint density at radius 2 is 1.11 bits per heavy atom. The first-order valence-electron chi connectivity index (χ1n) is 10.2. The third-order valence-electron chi connectivity index (χ3n) is 5.48. The number of aryl methyl sites for hydroxylation is 2. The van der Waals surface area contributed by atoms with Gasteiger partial charge in [-0.2, -0.15) is 0 Å². The van der Waals surface area contributed by atoms with E-state index in [9.17, 15) is 14.7 Å². The second kappa shape index (κ2) is 10.5. The molecule has 1 aromatic rings. The summed E-state index contributed by atoms with van der Waals surface area (Å²) < 4.78 is 0. The van der Waals surface area contributed by atoms with Gasteiger partial charge in [0.1, 0.15) is 5.75 Å². The van der Waals surface area contributed by atoms with Crippen molar-refractivity contribution < 1.29 is 24.9 Å². The van der Waals surface area contributed by atoms with Crippen molar-refractivity contribution in [3.05, 3.63) is 29.3 Å². The summed E-state index contributed by atoms with van der Waals surface area (Å²) in [6.07, 6.45) is 7.53. The molecule has 0 saturated heterocycles. The normalized spacial score (nSPS) is 12.1. The molecule has 0 fully saturated rings. The van der Waals surface area contributed by atoms with Crippen LogP contribution < -0.4 is 0 Å². The lowest BCUT2D eigenvalue weighted by atomic mass is 9.86. The van der Waals surface area contributed by atoms with Crippen LogP contribution in [0.15, 0.2) is 18.2 Å². The van der Waals surface area contributed by atoms with Gasteiger partial charge < -0.3 is 15.3 Å². The van der Waals surface area contributed by atoms with Crippen LogP contribution in [0.4, 0.5) is 0 Å². The molecule has 0 bridgehead atoms. The summed E-state index contributed by atoms with van der Waals surface area (Å²) in [6, 6.07) is 5.68. The molecular formula is C23H36O5. The number of unbranched alkanes of at least 4 members (excludes halogenated alkanes) is 3. The van der Waals surface area contributed by atoms with Gasteiger partial charge in [-0.15, -0.1) is 0 Å². The molecule has 0 amide bonds. The molecule has 0 aliphatic carbocycles. The Morgan fingerprint density at radius 3 is 1.54 bits per heavy atom. The molecule has 1 rings (SSSR count). The third-order valence-corrected chi connectivity index (χ3v) is 5.48. The maximum Gasteiger partial charge on any atom is 0.309 e. The Morgan fingerprint density at radius 1 is 0.714 bits per heavy atom. The molecule has 0 heterocycles. The number of benzene rings is 1. The van der Waals surface area contributed by atoms with E-state index in [1.54, 1.807) is 39.8 Å². The van der Waals surface area contributed by atoms with Crippen LogP contribution in [0.5, 0.6) is 5.75 Å². The minimum Gasteiger partial charge on any atom is -0.508 e. The second-order valence-corrected chi connectivity index (χ2v) is 9.15. The summed E-state index contributed by atoms with van der Waals surface area (Å²) in [5.41, 5.74) is 0.806. The largest absolute Gasteiger partial charge is 0.508 e. The molecule has 158 valence electrons. The summed E-state index contributed by atoms with van der Waals surface area (Å²) in [5.74, 6) is -1.25. The fraction of sp³-hybridized carbons (Fsp3) is 0.652. The number of carbonyl (C=O) groups is 2. The number of hydrogen-bond donors (Lipinski definition) is 3. The lowest BCUT2D eigenvalue weighted by Gasteiger charge is -2.18. The molecule has 1 aromatic carbocycles. The van der Waals surface area contributed by atoms with Gasteiger partial charge in [-0.3, -0.25) is 9.59 Å². The maximum atomic E-state index is 11.1. The number of phenolic OH excluding ortho intramolecular Hbond substituents is 1. The number of aliphatic carboxylic acids is 2. The predicted molar refractivity (Wildman–Crippen MR) is 111 cm³/mol. The van der Waals surface area contributed by atoms with Crippen LogP contribution in [0.3, 0.4) is 0 Å². The summed E-state index contributed by atoms with van der Waals surface area (Å²) in [7, 11) is 0. The Labute approximate surface area is 168 Å². The number of rotatable bonds is 13. The zero-order valence-electron chi connectivity index (χ0n) is 17.8. The van der Waals surface area contributed by atoms with Gasteiger partial charge in [0.2, 0.25) is 0 Å². The molecule has 0 radical (unpaired) electrons. The van der Waals surface area contributed by atoms with Crippen molar-refractivity contribution in [3.63, 3.8) is 0 Å². The highest BCUT2D eigenvalue weighted by Gasteiger charge is 2.26. The van der Waals surface area contributed by atoms with Crippen LogP contribution in [0.25, 0.3) is 0 Å². The standard InChI is InChI=1S/C23H36O5/c1-22(2,20(25)26)12-8-5-6-10-17-14-18(16-19(24)15-17)11-7-9-13-23(3,4)21(27)28/h14-16,24H,5-13H2,1-4H3,(H,25,26)(H,27,28). The molecule has 0 spiro atoms. The molecule has 0 unspecified atom stereocenters. The molecule has 3 N–H and O–H groups in total. The lowest BCUT2D eigenvalue weighted by Crippen LogP contribution is -2.23. The van der Waals surface area contributed by atoms with Gasteiger partial charge in [0, 0.05) is 0 Å². The Hall–Kier alpha value is -2.04. The van der Waals surface area contributed by atoms with Crippen molar-refractivity contribution in [2.75, 3.05) is 0 Å². The number of phenols is 1. The SMILES string of the molecule is CC(C)(CCCCCc1cc(O)cc(CCCCC(C)(C)C(=O)O)c1)C(=O)O. The Bertz CT molecular complexity index is 661. The van der Waals surface area contributed by atoms with Crippen molar-refractivity contribution >= 4 is 11.9 Å². The van der Waals surface area contributed by atoms with Crippen molar-refractivity contribution in [1.82, 2.24) is 0 Å². The number of hydrogen-bond acceptors (Lipinski definition) is 3. The quantitative estimate of drug-likeness (QED) is 0.389. The molecule has 0 aliphatic heterocycles. The Kier molecular flexibility index (Phi) is 8.99. The zero-order chi connectivity index (χ0) is 21.4. The van der Waals surface area contributed by atoms with Gasteiger partial charge in [0.25, 0.3) is 0 Å². The summed E-state index contributed by atoms with van der Waals surface area (Å²) >= 11 is 0. The summed E-state index contributed by atoms with van der Waals surface area (Å²) in [6.45, 7) is 7.02. The number of aromatic hydroxyl groups is 1. The first-order valence-corrected chi connectivity index (χ1v) is 10.2. The number of carboxylic acids is 2. The van der Waals surface area contributed by atoms with Crippen molar-refractivity contribution in [2.24, 2.45) is 10.8 Å². The molecule has 0 saturated carbocycles. The van der Waals surface area contributed by atoms with E-state index in [1.807, 2.05) is 0 Å². The molecule has 28 heavy (non-hydrogen) atoms. The minimum atomic E-state index is -0.765. The van der Waals surface area contributed by atoms with Gasteiger partial charge in [-0.05, 0) is 89.5 Å². The van der Waals surface area contributed by atoms with E-state index in [1.165, 1.54) is 0 Å². The Balaban J connectivity index is 2.42. The first kappa shape index (κ1) is 24.0. The second-order valence-electron chi connectivity index (χ2n) is 9.15. The molecule has 0 aromatic heterocycles. The fourth-order valence-electron chi connectivity index (χ4n) is 3.21. The van der Waals surface area contributed by atoms with Gasteiger partial charge in [-0.1, -0.05) is 25.3 Å². The smallest absolute Gasteiger partial charge is 0.309 e.